The van der Waals surface area contributed by atoms with Gasteiger partial charge in [0, 0.05) is 19.1 Å². The molecule has 6 heteroatoms. The van der Waals surface area contributed by atoms with Crippen LogP contribution in [0.5, 0.6) is 0 Å². The first-order valence-electron chi connectivity index (χ1n) is 8.16. The van der Waals surface area contributed by atoms with E-state index >= 15 is 0 Å². The maximum atomic E-state index is 6.15. The van der Waals surface area contributed by atoms with E-state index in [0.717, 1.165) is 31.7 Å². The average molecular weight is 408 g/mol. The van der Waals surface area contributed by atoms with Crippen LogP contribution < -0.4 is 5.73 Å². The second-order valence-corrected chi connectivity index (χ2v) is 6.49. The zero-order valence-electron chi connectivity index (χ0n) is 13.0. The molecule has 0 radical (unpaired) electrons. The minimum Gasteiger partial charge on any atom is -0.375 e. The largest absolute Gasteiger partial charge is 0.375 e. The lowest BCUT2D eigenvalue weighted by atomic mass is 9.85. The van der Waals surface area contributed by atoms with Gasteiger partial charge in [0.1, 0.15) is 0 Å². The van der Waals surface area contributed by atoms with Gasteiger partial charge in [-0.05, 0) is 45.7 Å². The summed E-state index contributed by atoms with van der Waals surface area (Å²) < 4.78 is 5.54. The molecule has 0 spiro atoms. The third kappa shape index (κ3) is 4.45. The number of hydrogen-bond acceptors (Lipinski definition) is 3. The van der Waals surface area contributed by atoms with Crippen LogP contribution in [0.2, 0.25) is 0 Å². The Balaban J connectivity index is 0.00000161. The number of guanidine groups is 1. The van der Waals surface area contributed by atoms with Gasteiger partial charge in [-0.15, -0.1) is 24.0 Å². The van der Waals surface area contributed by atoms with E-state index in [1.807, 2.05) is 0 Å². The van der Waals surface area contributed by atoms with E-state index in [1.54, 1.807) is 0 Å². The Morgan fingerprint density at radius 1 is 1.14 bits per heavy atom. The van der Waals surface area contributed by atoms with Crippen LogP contribution in [-0.2, 0) is 4.74 Å². The van der Waals surface area contributed by atoms with Gasteiger partial charge in [-0.3, -0.25) is 0 Å². The molecule has 122 valence electrons. The third-order valence-electron chi connectivity index (χ3n) is 4.88. The van der Waals surface area contributed by atoms with Crippen molar-refractivity contribution in [2.75, 3.05) is 32.8 Å². The number of rotatable bonds is 2. The van der Waals surface area contributed by atoms with Crippen molar-refractivity contribution >= 4 is 29.9 Å². The normalized spacial score (nSPS) is 35.0. The van der Waals surface area contributed by atoms with E-state index in [2.05, 4.69) is 16.7 Å². The van der Waals surface area contributed by atoms with Crippen molar-refractivity contribution in [2.24, 2.45) is 10.7 Å². The number of hydrogen-bond donors (Lipinski definition) is 1. The van der Waals surface area contributed by atoms with Gasteiger partial charge >= 0.3 is 0 Å². The highest BCUT2D eigenvalue weighted by atomic mass is 127. The number of piperidine rings is 1. The Hall–Kier alpha value is -0.0800. The van der Waals surface area contributed by atoms with Crippen molar-refractivity contribution in [2.45, 2.75) is 57.2 Å². The molecule has 1 atom stereocenters. The molecule has 2 heterocycles. The Morgan fingerprint density at radius 3 is 2.52 bits per heavy atom. The predicted octanol–water partition coefficient (Wildman–Crippen LogP) is 1.66. The number of morpholine rings is 1. The number of nitrogens with zero attached hydrogens (tertiary/aromatic N) is 3. The second kappa shape index (κ2) is 7.97. The SMILES string of the molecule is CC1CN(C(N)=NC2CC(N3CCCCC3)C2)CCO1.I. The van der Waals surface area contributed by atoms with Gasteiger partial charge in [0.25, 0.3) is 0 Å². The predicted molar refractivity (Wildman–Crippen MR) is 96.3 cm³/mol. The Bertz CT molecular complexity index is 354. The van der Waals surface area contributed by atoms with Crippen LogP contribution in [0, 0.1) is 0 Å². The summed E-state index contributed by atoms with van der Waals surface area (Å²) in [4.78, 5) is 9.55. The maximum absolute atomic E-state index is 6.15. The molecule has 2 aliphatic heterocycles. The summed E-state index contributed by atoms with van der Waals surface area (Å²) >= 11 is 0. The Morgan fingerprint density at radius 2 is 1.86 bits per heavy atom. The number of likely N-dealkylation sites (tertiary alicyclic amines) is 1. The lowest BCUT2D eigenvalue weighted by Crippen LogP contribution is -2.51. The highest BCUT2D eigenvalue weighted by Crippen LogP contribution is 2.30. The summed E-state index contributed by atoms with van der Waals surface area (Å²) in [6.07, 6.45) is 6.81. The van der Waals surface area contributed by atoms with Gasteiger partial charge in [0.05, 0.1) is 18.8 Å². The van der Waals surface area contributed by atoms with Crippen LogP contribution in [0.25, 0.3) is 0 Å². The van der Waals surface area contributed by atoms with Crippen molar-refractivity contribution < 1.29 is 4.74 Å². The standard InChI is InChI=1S/C15H28N4O.HI/c1-12-11-19(7-8-20-12)15(16)17-13-9-14(10-13)18-5-3-2-4-6-18;/h12-14H,2-11H2,1H3,(H2,16,17);1H. The van der Waals surface area contributed by atoms with E-state index < -0.39 is 0 Å². The zero-order chi connectivity index (χ0) is 13.9. The van der Waals surface area contributed by atoms with Gasteiger partial charge in [0.15, 0.2) is 5.96 Å². The average Bonchev–Trinajstić information content (AvgIpc) is 2.43. The minimum atomic E-state index is 0. The molecule has 1 aliphatic carbocycles. The maximum Gasteiger partial charge on any atom is 0.191 e. The first-order valence-corrected chi connectivity index (χ1v) is 8.16. The highest BCUT2D eigenvalue weighted by molar-refractivity contribution is 14.0. The molecular formula is C15H29IN4O. The molecule has 0 aromatic heterocycles. The molecular weight excluding hydrogens is 379 g/mol. The monoisotopic (exact) mass is 408 g/mol. The van der Waals surface area contributed by atoms with Crippen LogP contribution in [0.4, 0.5) is 0 Å². The van der Waals surface area contributed by atoms with Gasteiger partial charge in [0.2, 0.25) is 0 Å². The molecule has 0 amide bonds. The van der Waals surface area contributed by atoms with E-state index in [1.165, 1.54) is 45.2 Å². The Kier molecular flexibility index (Phi) is 6.55. The second-order valence-electron chi connectivity index (χ2n) is 6.49. The number of ether oxygens (including phenoxy) is 1. The summed E-state index contributed by atoms with van der Waals surface area (Å²) in [6.45, 7) is 7.18. The lowest BCUT2D eigenvalue weighted by Gasteiger charge is -2.43. The molecule has 0 aromatic carbocycles. The van der Waals surface area contributed by atoms with Gasteiger partial charge in [-0.2, -0.15) is 0 Å². The summed E-state index contributed by atoms with van der Waals surface area (Å²) in [5.41, 5.74) is 6.15. The van der Waals surface area contributed by atoms with Crippen LogP contribution in [0.15, 0.2) is 4.99 Å². The summed E-state index contributed by atoms with van der Waals surface area (Å²) in [5, 5.41) is 0. The smallest absolute Gasteiger partial charge is 0.191 e. The first-order chi connectivity index (χ1) is 9.72. The first kappa shape index (κ1) is 17.3. The van der Waals surface area contributed by atoms with Gasteiger partial charge < -0.3 is 20.3 Å². The van der Waals surface area contributed by atoms with Crippen molar-refractivity contribution in [1.29, 1.82) is 0 Å². The van der Waals surface area contributed by atoms with E-state index in [0.29, 0.717) is 6.04 Å². The highest BCUT2D eigenvalue weighted by Gasteiger charge is 2.34. The topological polar surface area (TPSA) is 54.1 Å². The van der Waals surface area contributed by atoms with Crippen LogP contribution in [0.1, 0.15) is 39.0 Å². The van der Waals surface area contributed by atoms with Crippen LogP contribution in [0.3, 0.4) is 0 Å². The molecule has 0 aromatic rings. The van der Waals surface area contributed by atoms with E-state index in [9.17, 15) is 0 Å². The van der Waals surface area contributed by atoms with Crippen LogP contribution in [-0.4, -0.2) is 66.7 Å². The molecule has 3 aliphatic rings. The molecule has 5 nitrogen and oxygen atoms in total. The fraction of sp³-hybridized carbons (Fsp3) is 0.933. The molecule has 1 unspecified atom stereocenters. The minimum absolute atomic E-state index is 0. The van der Waals surface area contributed by atoms with E-state index in [-0.39, 0.29) is 30.1 Å². The van der Waals surface area contributed by atoms with Crippen molar-refractivity contribution in [1.82, 2.24) is 9.80 Å². The van der Waals surface area contributed by atoms with Gasteiger partial charge in [-0.1, -0.05) is 6.42 Å². The number of halogens is 1. The molecule has 3 fully saturated rings. The number of aliphatic imine (C=N–C) groups is 1. The van der Waals surface area contributed by atoms with E-state index in [4.69, 9.17) is 15.5 Å². The lowest BCUT2D eigenvalue weighted by molar-refractivity contribution is 0.00493. The molecule has 1 saturated carbocycles. The summed E-state index contributed by atoms with van der Waals surface area (Å²) in [5.74, 6) is 0.724. The van der Waals surface area contributed by atoms with Crippen molar-refractivity contribution in [3.8, 4) is 0 Å². The molecule has 2 saturated heterocycles. The molecule has 0 bridgehead atoms. The fourth-order valence-corrected chi connectivity index (χ4v) is 3.54. The quantitative estimate of drug-likeness (QED) is 0.429. The summed E-state index contributed by atoms with van der Waals surface area (Å²) in [6, 6.07) is 1.21. The van der Waals surface area contributed by atoms with Crippen LogP contribution >= 0.6 is 24.0 Å². The van der Waals surface area contributed by atoms with Crippen molar-refractivity contribution in [3.05, 3.63) is 0 Å². The Labute approximate surface area is 145 Å². The fourth-order valence-electron chi connectivity index (χ4n) is 3.54. The van der Waals surface area contributed by atoms with Gasteiger partial charge in [-0.25, -0.2) is 4.99 Å². The third-order valence-corrected chi connectivity index (χ3v) is 4.88. The summed E-state index contributed by atoms with van der Waals surface area (Å²) in [7, 11) is 0. The zero-order valence-corrected chi connectivity index (χ0v) is 15.4. The molecule has 3 rings (SSSR count). The number of nitrogens with two attached hydrogens (primary N) is 1. The molecule has 2 N–H and O–H groups in total. The molecule has 21 heavy (non-hydrogen) atoms. The van der Waals surface area contributed by atoms with Crippen molar-refractivity contribution in [3.63, 3.8) is 0 Å².